The molecule has 3 rings (SSSR count). The number of anilines is 1. The number of aryl methyl sites for hydroxylation is 1. The fourth-order valence-electron chi connectivity index (χ4n) is 1.89. The van der Waals surface area contributed by atoms with Gasteiger partial charge in [-0.2, -0.15) is 4.98 Å². The van der Waals surface area contributed by atoms with Gasteiger partial charge in [0.25, 0.3) is 5.89 Å². The van der Waals surface area contributed by atoms with Gasteiger partial charge in [-0.1, -0.05) is 5.16 Å². The van der Waals surface area contributed by atoms with E-state index in [1.807, 2.05) is 0 Å². The van der Waals surface area contributed by atoms with Crippen molar-refractivity contribution in [2.75, 3.05) is 12.8 Å². The van der Waals surface area contributed by atoms with Crippen LogP contribution in [0.5, 0.6) is 5.75 Å². The van der Waals surface area contributed by atoms with E-state index < -0.39 is 0 Å². The minimum absolute atomic E-state index is 0.371. The summed E-state index contributed by atoms with van der Waals surface area (Å²) in [7, 11) is 1.56. The highest BCUT2D eigenvalue weighted by atomic mass is 16.5. The van der Waals surface area contributed by atoms with Crippen LogP contribution in [0.1, 0.15) is 5.82 Å². The zero-order chi connectivity index (χ0) is 14.8. The second-order valence-electron chi connectivity index (χ2n) is 4.37. The Morgan fingerprint density at radius 2 is 2.05 bits per heavy atom. The monoisotopic (exact) mass is 283 g/mol. The Labute approximate surface area is 120 Å². The molecular weight excluding hydrogens is 270 g/mol. The number of hydrogen-bond acceptors (Lipinski definition) is 7. The lowest BCUT2D eigenvalue weighted by Crippen LogP contribution is -1.93. The maximum atomic E-state index is 5.87. The minimum Gasteiger partial charge on any atom is -0.495 e. The van der Waals surface area contributed by atoms with Crippen LogP contribution in [0.4, 0.5) is 5.69 Å². The predicted molar refractivity (Wildman–Crippen MR) is 76.5 cm³/mol. The topological polar surface area (TPSA) is 100.0 Å². The minimum atomic E-state index is 0.371. The van der Waals surface area contributed by atoms with Gasteiger partial charge in [-0.25, -0.2) is 9.97 Å². The number of methoxy groups -OCH3 is 1. The first-order valence-corrected chi connectivity index (χ1v) is 6.25. The first-order chi connectivity index (χ1) is 10.2. The van der Waals surface area contributed by atoms with Crippen LogP contribution >= 0.6 is 0 Å². The molecule has 2 aromatic heterocycles. The molecule has 0 unspecified atom stereocenters. The van der Waals surface area contributed by atoms with Gasteiger partial charge < -0.3 is 15.0 Å². The number of nitrogens with zero attached hydrogens (tertiary/aromatic N) is 4. The SMILES string of the molecule is COc1ccc(-c2nc(-c3ccnc(C)n3)no2)cc1N. The quantitative estimate of drug-likeness (QED) is 0.734. The Balaban J connectivity index is 1.96. The molecule has 21 heavy (non-hydrogen) atoms. The third kappa shape index (κ3) is 2.53. The second-order valence-corrected chi connectivity index (χ2v) is 4.37. The molecule has 0 amide bonds. The maximum absolute atomic E-state index is 5.87. The average Bonchev–Trinajstić information content (AvgIpc) is 2.97. The first-order valence-electron chi connectivity index (χ1n) is 6.25. The summed E-state index contributed by atoms with van der Waals surface area (Å²) < 4.78 is 10.4. The molecule has 0 aliphatic rings. The summed E-state index contributed by atoms with van der Waals surface area (Å²) in [6, 6.07) is 7.01. The molecule has 2 N–H and O–H groups in total. The predicted octanol–water partition coefficient (Wildman–Crippen LogP) is 2.09. The van der Waals surface area contributed by atoms with E-state index in [-0.39, 0.29) is 0 Å². The van der Waals surface area contributed by atoms with E-state index in [0.717, 1.165) is 5.56 Å². The average molecular weight is 283 g/mol. The lowest BCUT2D eigenvalue weighted by atomic mass is 10.2. The molecule has 0 radical (unpaired) electrons. The Morgan fingerprint density at radius 1 is 1.19 bits per heavy atom. The van der Waals surface area contributed by atoms with Crippen LogP contribution < -0.4 is 10.5 Å². The fraction of sp³-hybridized carbons (Fsp3) is 0.143. The Kier molecular flexibility index (Phi) is 3.23. The molecule has 0 fully saturated rings. The third-order valence-corrected chi connectivity index (χ3v) is 2.91. The Bertz CT molecular complexity index is 785. The van der Waals surface area contributed by atoms with E-state index in [9.17, 15) is 0 Å². The van der Waals surface area contributed by atoms with Crippen molar-refractivity contribution in [3.05, 3.63) is 36.3 Å². The van der Waals surface area contributed by atoms with E-state index in [0.29, 0.717) is 34.7 Å². The molecule has 0 saturated heterocycles. The molecule has 2 heterocycles. The standard InChI is InChI=1S/C14H13N5O2/c1-8-16-6-5-11(17-8)13-18-14(21-19-13)9-3-4-12(20-2)10(15)7-9/h3-7H,15H2,1-2H3. The molecule has 7 heteroatoms. The molecule has 1 aromatic carbocycles. The van der Waals surface area contributed by atoms with Crippen molar-refractivity contribution in [2.45, 2.75) is 6.92 Å². The summed E-state index contributed by atoms with van der Waals surface area (Å²) in [6.45, 7) is 1.80. The van der Waals surface area contributed by atoms with Crippen molar-refractivity contribution in [1.29, 1.82) is 0 Å². The zero-order valence-corrected chi connectivity index (χ0v) is 11.6. The van der Waals surface area contributed by atoms with E-state index in [1.54, 1.807) is 44.5 Å². The van der Waals surface area contributed by atoms with Crippen molar-refractivity contribution in [3.63, 3.8) is 0 Å². The smallest absolute Gasteiger partial charge is 0.258 e. The van der Waals surface area contributed by atoms with Crippen LogP contribution in [0.3, 0.4) is 0 Å². The van der Waals surface area contributed by atoms with Crippen molar-refractivity contribution in [2.24, 2.45) is 0 Å². The van der Waals surface area contributed by atoms with Gasteiger partial charge in [0.2, 0.25) is 5.82 Å². The summed E-state index contributed by atoms with van der Waals surface area (Å²) in [5.74, 6) is 2.03. The fourth-order valence-corrected chi connectivity index (χ4v) is 1.89. The van der Waals surface area contributed by atoms with Crippen LogP contribution in [0.25, 0.3) is 23.0 Å². The number of ether oxygens (including phenoxy) is 1. The van der Waals surface area contributed by atoms with Crippen LogP contribution in [0.2, 0.25) is 0 Å². The highest BCUT2D eigenvalue weighted by Gasteiger charge is 2.13. The van der Waals surface area contributed by atoms with Gasteiger partial charge in [0, 0.05) is 11.8 Å². The lowest BCUT2D eigenvalue weighted by molar-refractivity contribution is 0.416. The van der Waals surface area contributed by atoms with Crippen LogP contribution in [0, 0.1) is 6.92 Å². The van der Waals surface area contributed by atoms with Gasteiger partial charge in [0.05, 0.1) is 12.8 Å². The molecular formula is C14H13N5O2. The zero-order valence-electron chi connectivity index (χ0n) is 11.6. The van der Waals surface area contributed by atoms with Crippen LogP contribution in [-0.4, -0.2) is 27.2 Å². The van der Waals surface area contributed by atoms with Gasteiger partial charge in [-0.05, 0) is 31.2 Å². The third-order valence-electron chi connectivity index (χ3n) is 2.91. The number of rotatable bonds is 3. The number of nitrogen functional groups attached to an aromatic ring is 1. The molecule has 0 saturated carbocycles. The summed E-state index contributed by atoms with van der Waals surface area (Å²) in [4.78, 5) is 12.6. The molecule has 106 valence electrons. The van der Waals surface area contributed by atoms with Crippen molar-refractivity contribution < 1.29 is 9.26 Å². The molecule has 0 bridgehead atoms. The van der Waals surface area contributed by atoms with Crippen molar-refractivity contribution in [3.8, 4) is 28.7 Å². The van der Waals surface area contributed by atoms with Crippen molar-refractivity contribution >= 4 is 5.69 Å². The van der Waals surface area contributed by atoms with E-state index in [4.69, 9.17) is 15.0 Å². The van der Waals surface area contributed by atoms with Crippen LogP contribution in [-0.2, 0) is 0 Å². The number of benzene rings is 1. The van der Waals surface area contributed by atoms with Crippen molar-refractivity contribution in [1.82, 2.24) is 20.1 Å². The lowest BCUT2D eigenvalue weighted by Gasteiger charge is -2.04. The number of aromatic nitrogens is 4. The summed E-state index contributed by atoms with van der Waals surface area (Å²) in [5.41, 5.74) is 7.71. The highest BCUT2D eigenvalue weighted by Crippen LogP contribution is 2.28. The number of nitrogens with two attached hydrogens (primary N) is 1. The van der Waals surface area contributed by atoms with Gasteiger partial charge in [-0.15, -0.1) is 0 Å². The van der Waals surface area contributed by atoms with E-state index >= 15 is 0 Å². The van der Waals surface area contributed by atoms with Gasteiger partial charge in [0.1, 0.15) is 17.3 Å². The van der Waals surface area contributed by atoms with E-state index in [1.165, 1.54) is 0 Å². The Hall–Kier alpha value is -2.96. The first kappa shape index (κ1) is 13.0. The molecule has 0 spiro atoms. The molecule has 0 atom stereocenters. The normalized spacial score (nSPS) is 10.6. The summed E-state index contributed by atoms with van der Waals surface area (Å²) >= 11 is 0. The van der Waals surface area contributed by atoms with Gasteiger partial charge in [0.15, 0.2) is 0 Å². The second kappa shape index (κ2) is 5.20. The number of hydrogen-bond donors (Lipinski definition) is 1. The molecule has 3 aromatic rings. The highest BCUT2D eigenvalue weighted by molar-refractivity contribution is 5.66. The maximum Gasteiger partial charge on any atom is 0.258 e. The molecule has 0 aliphatic carbocycles. The van der Waals surface area contributed by atoms with E-state index in [2.05, 4.69) is 20.1 Å². The van der Waals surface area contributed by atoms with Gasteiger partial charge >= 0.3 is 0 Å². The van der Waals surface area contributed by atoms with Gasteiger partial charge in [-0.3, -0.25) is 0 Å². The van der Waals surface area contributed by atoms with Crippen LogP contribution in [0.15, 0.2) is 35.0 Å². The Morgan fingerprint density at radius 3 is 2.76 bits per heavy atom. The summed E-state index contributed by atoms with van der Waals surface area (Å²) in [5, 5.41) is 3.93. The largest absolute Gasteiger partial charge is 0.495 e. The summed E-state index contributed by atoms with van der Waals surface area (Å²) in [6.07, 6.45) is 1.65. The molecule has 7 nitrogen and oxygen atoms in total. The molecule has 0 aliphatic heterocycles.